The molecular formula is C21H19N5O3. The molecule has 0 atom stereocenters. The summed E-state index contributed by atoms with van der Waals surface area (Å²) in [4.78, 5) is 30.1. The van der Waals surface area contributed by atoms with Crippen LogP contribution in [-0.2, 0) is 6.54 Å². The third-order valence-corrected chi connectivity index (χ3v) is 4.80. The van der Waals surface area contributed by atoms with Gasteiger partial charge in [-0.3, -0.25) is 14.7 Å². The molecule has 0 saturated carbocycles. The zero-order chi connectivity index (χ0) is 20.5. The Kier molecular flexibility index (Phi) is 4.59. The average Bonchev–Trinajstić information content (AvgIpc) is 3.00. The van der Waals surface area contributed by atoms with E-state index >= 15 is 0 Å². The quantitative estimate of drug-likeness (QED) is 0.386. The number of pyridine rings is 1. The highest BCUT2D eigenvalue weighted by molar-refractivity contribution is 5.74. The minimum atomic E-state index is -0.467. The molecule has 29 heavy (non-hydrogen) atoms. The van der Waals surface area contributed by atoms with E-state index in [1.807, 2.05) is 49.3 Å². The van der Waals surface area contributed by atoms with Crippen molar-refractivity contribution in [2.24, 2.45) is 0 Å². The van der Waals surface area contributed by atoms with Crippen molar-refractivity contribution >= 4 is 22.5 Å². The van der Waals surface area contributed by atoms with Crippen LogP contribution in [0, 0.1) is 10.1 Å². The number of hydrogen-bond acceptors (Lipinski definition) is 5. The van der Waals surface area contributed by atoms with Crippen molar-refractivity contribution in [1.82, 2.24) is 14.1 Å². The number of benzene rings is 2. The molecule has 0 saturated heterocycles. The Morgan fingerprint density at radius 1 is 1.03 bits per heavy atom. The van der Waals surface area contributed by atoms with Crippen LogP contribution in [0.4, 0.5) is 11.4 Å². The summed E-state index contributed by atoms with van der Waals surface area (Å²) < 4.78 is 3.14. The van der Waals surface area contributed by atoms with Gasteiger partial charge in [0.05, 0.1) is 22.7 Å². The van der Waals surface area contributed by atoms with E-state index in [-0.39, 0.29) is 11.4 Å². The zero-order valence-electron chi connectivity index (χ0n) is 16.0. The number of non-ortho nitro benzene ring substituents is 1. The highest BCUT2D eigenvalue weighted by atomic mass is 16.6. The fourth-order valence-electron chi connectivity index (χ4n) is 3.28. The first-order valence-electron chi connectivity index (χ1n) is 9.03. The van der Waals surface area contributed by atoms with Crippen molar-refractivity contribution in [2.75, 3.05) is 19.0 Å². The molecule has 8 nitrogen and oxygen atoms in total. The topological polar surface area (TPSA) is 86.2 Å². The molecule has 0 aliphatic heterocycles. The number of hydrogen-bond donors (Lipinski definition) is 0. The van der Waals surface area contributed by atoms with Crippen molar-refractivity contribution in [3.8, 4) is 5.69 Å². The van der Waals surface area contributed by atoms with Crippen LogP contribution in [0.1, 0.15) is 5.56 Å². The molecule has 0 aliphatic carbocycles. The van der Waals surface area contributed by atoms with Gasteiger partial charge in [-0.15, -0.1) is 0 Å². The summed E-state index contributed by atoms with van der Waals surface area (Å²) in [6.07, 6.45) is 1.62. The van der Waals surface area contributed by atoms with E-state index in [0.29, 0.717) is 23.4 Å². The molecule has 0 aliphatic rings. The van der Waals surface area contributed by atoms with Gasteiger partial charge in [-0.05, 0) is 42.0 Å². The van der Waals surface area contributed by atoms with Gasteiger partial charge in [0.15, 0.2) is 5.65 Å². The van der Waals surface area contributed by atoms with Gasteiger partial charge in [0.1, 0.15) is 0 Å². The molecule has 2 aromatic heterocycles. The van der Waals surface area contributed by atoms with Crippen molar-refractivity contribution in [1.29, 1.82) is 0 Å². The number of fused-ring (bicyclic) bond motifs is 1. The van der Waals surface area contributed by atoms with Gasteiger partial charge in [0.2, 0.25) is 0 Å². The first-order valence-corrected chi connectivity index (χ1v) is 9.03. The Balaban J connectivity index is 1.80. The second-order valence-electron chi connectivity index (χ2n) is 6.88. The minimum absolute atomic E-state index is 0.0283. The Hall–Kier alpha value is -3.94. The van der Waals surface area contributed by atoms with Gasteiger partial charge < -0.3 is 4.90 Å². The van der Waals surface area contributed by atoms with Crippen LogP contribution >= 0.6 is 0 Å². The van der Waals surface area contributed by atoms with Crippen LogP contribution < -0.4 is 10.6 Å². The molecular weight excluding hydrogens is 370 g/mol. The second kappa shape index (κ2) is 7.23. The number of anilines is 1. The molecule has 0 radical (unpaired) electrons. The molecule has 0 N–H and O–H groups in total. The van der Waals surface area contributed by atoms with Gasteiger partial charge in [0.25, 0.3) is 5.69 Å². The first kappa shape index (κ1) is 18.4. The first-order chi connectivity index (χ1) is 14.0. The van der Waals surface area contributed by atoms with Gasteiger partial charge in [0, 0.05) is 38.1 Å². The lowest BCUT2D eigenvalue weighted by molar-refractivity contribution is -0.384. The standard InChI is InChI=1S/C21H19N5O3/c1-23(2)16-7-5-15(6-8-16)14-24-19-4-3-13-22-20(19)25(21(24)27)17-9-11-18(12-10-17)26(28)29/h3-13H,14H2,1-2H3. The SMILES string of the molecule is CN(C)c1ccc(Cn2c(=O)n(-c3ccc([N+](=O)[O-])cc3)c3ncccc32)cc1. The monoisotopic (exact) mass is 389 g/mol. The van der Waals surface area contributed by atoms with E-state index in [2.05, 4.69) is 4.98 Å². The van der Waals surface area contributed by atoms with E-state index < -0.39 is 4.92 Å². The fourth-order valence-corrected chi connectivity index (χ4v) is 3.28. The smallest absolute Gasteiger partial charge is 0.335 e. The maximum atomic E-state index is 13.2. The summed E-state index contributed by atoms with van der Waals surface area (Å²) in [6.45, 7) is 0.398. The van der Waals surface area contributed by atoms with Crippen molar-refractivity contribution in [2.45, 2.75) is 6.54 Å². The summed E-state index contributed by atoms with van der Waals surface area (Å²) in [5.41, 5.74) is 3.54. The number of rotatable bonds is 5. The van der Waals surface area contributed by atoms with Crippen molar-refractivity contribution in [3.63, 3.8) is 0 Å². The maximum absolute atomic E-state index is 13.2. The molecule has 2 aromatic carbocycles. The van der Waals surface area contributed by atoms with Crippen LogP contribution in [0.3, 0.4) is 0 Å². The fraction of sp³-hybridized carbons (Fsp3) is 0.143. The zero-order valence-corrected chi connectivity index (χ0v) is 16.0. The number of nitro benzene ring substituents is 1. The summed E-state index contributed by atoms with van der Waals surface area (Å²) in [5.74, 6) is 0. The summed E-state index contributed by atoms with van der Waals surface area (Å²) in [7, 11) is 3.95. The van der Waals surface area contributed by atoms with E-state index in [1.54, 1.807) is 29.0 Å². The normalized spacial score (nSPS) is 11.0. The van der Waals surface area contributed by atoms with Crippen LogP contribution in [0.25, 0.3) is 16.9 Å². The molecule has 8 heteroatoms. The van der Waals surface area contributed by atoms with E-state index in [0.717, 1.165) is 11.3 Å². The molecule has 0 fully saturated rings. The van der Waals surface area contributed by atoms with Gasteiger partial charge >= 0.3 is 5.69 Å². The number of nitrogens with zero attached hydrogens (tertiary/aromatic N) is 5. The predicted octanol–water partition coefficient (Wildman–Crippen LogP) is 3.21. The predicted molar refractivity (Wildman–Crippen MR) is 112 cm³/mol. The summed E-state index contributed by atoms with van der Waals surface area (Å²) in [5, 5.41) is 10.9. The highest BCUT2D eigenvalue weighted by Crippen LogP contribution is 2.20. The Labute approximate surface area is 166 Å². The molecule has 0 spiro atoms. The van der Waals surface area contributed by atoms with E-state index in [4.69, 9.17) is 0 Å². The molecule has 0 amide bonds. The largest absolute Gasteiger partial charge is 0.378 e. The van der Waals surface area contributed by atoms with Gasteiger partial charge in [-0.2, -0.15) is 0 Å². The Morgan fingerprint density at radius 3 is 2.34 bits per heavy atom. The van der Waals surface area contributed by atoms with Gasteiger partial charge in [-0.1, -0.05) is 12.1 Å². The number of nitro groups is 1. The van der Waals surface area contributed by atoms with E-state index in [9.17, 15) is 14.9 Å². The molecule has 4 rings (SSSR count). The molecule has 146 valence electrons. The third kappa shape index (κ3) is 3.36. The van der Waals surface area contributed by atoms with Crippen LogP contribution in [0.5, 0.6) is 0 Å². The summed E-state index contributed by atoms with van der Waals surface area (Å²) in [6, 6.07) is 17.5. The average molecular weight is 389 g/mol. The molecule has 4 aromatic rings. The lowest BCUT2D eigenvalue weighted by Crippen LogP contribution is -2.23. The van der Waals surface area contributed by atoms with Crippen LogP contribution in [0.15, 0.2) is 71.7 Å². The second-order valence-corrected chi connectivity index (χ2v) is 6.88. The summed E-state index contributed by atoms with van der Waals surface area (Å²) >= 11 is 0. The van der Waals surface area contributed by atoms with Gasteiger partial charge in [-0.25, -0.2) is 14.3 Å². The lowest BCUT2D eigenvalue weighted by Gasteiger charge is -2.12. The maximum Gasteiger partial charge on any atom is 0.335 e. The van der Waals surface area contributed by atoms with Crippen LogP contribution in [-0.4, -0.2) is 33.1 Å². The van der Waals surface area contributed by atoms with E-state index in [1.165, 1.54) is 16.7 Å². The molecule has 0 bridgehead atoms. The minimum Gasteiger partial charge on any atom is -0.378 e. The Morgan fingerprint density at radius 2 is 1.72 bits per heavy atom. The number of imidazole rings is 1. The Bertz CT molecular complexity index is 1240. The van der Waals surface area contributed by atoms with Crippen LogP contribution in [0.2, 0.25) is 0 Å². The third-order valence-electron chi connectivity index (χ3n) is 4.80. The molecule has 2 heterocycles. The number of aromatic nitrogens is 3. The molecule has 0 unspecified atom stereocenters. The lowest BCUT2D eigenvalue weighted by atomic mass is 10.2. The highest BCUT2D eigenvalue weighted by Gasteiger charge is 2.16. The van der Waals surface area contributed by atoms with Crippen molar-refractivity contribution < 1.29 is 4.92 Å². The van der Waals surface area contributed by atoms with Crippen molar-refractivity contribution in [3.05, 3.63) is 93.0 Å².